The number of benzene rings is 1. The van der Waals surface area contributed by atoms with E-state index in [-0.39, 0.29) is 11.0 Å². The lowest BCUT2D eigenvalue weighted by molar-refractivity contribution is 0.0531. The Balaban J connectivity index is 2.16. The predicted octanol–water partition coefficient (Wildman–Crippen LogP) is 2.44. The normalized spacial score (nSPS) is 19.3. The lowest BCUT2D eigenvalue weighted by atomic mass is 9.74. The van der Waals surface area contributed by atoms with E-state index in [1.807, 2.05) is 0 Å². The number of rotatable bonds is 3. The molecule has 0 bridgehead atoms. The Morgan fingerprint density at radius 2 is 1.86 bits per heavy atom. The second kappa shape index (κ2) is 6.48. The van der Waals surface area contributed by atoms with Gasteiger partial charge >= 0.3 is 0 Å². The molecule has 0 atom stereocenters. The van der Waals surface area contributed by atoms with Gasteiger partial charge in [0.1, 0.15) is 0 Å². The number of aliphatic imine (C=N–C) groups is 1. The molecule has 0 amide bonds. The summed E-state index contributed by atoms with van der Waals surface area (Å²) in [6.45, 7) is 8.52. The molecule has 2 rings (SSSR count). The minimum atomic E-state index is -0.0663. The van der Waals surface area contributed by atoms with Gasteiger partial charge in [-0.1, -0.05) is 30.3 Å². The molecule has 116 valence electrons. The summed E-state index contributed by atoms with van der Waals surface area (Å²) < 4.78 is 5.54. The first-order valence-electron chi connectivity index (χ1n) is 7.63. The molecule has 4 heteroatoms. The maximum Gasteiger partial charge on any atom is 0.189 e. The Bertz CT molecular complexity index is 471. The van der Waals surface area contributed by atoms with Crippen molar-refractivity contribution in [1.82, 2.24) is 5.32 Å². The maximum absolute atomic E-state index is 6.02. The van der Waals surface area contributed by atoms with Crippen LogP contribution in [0.3, 0.4) is 0 Å². The summed E-state index contributed by atoms with van der Waals surface area (Å²) in [4.78, 5) is 4.61. The van der Waals surface area contributed by atoms with E-state index in [9.17, 15) is 0 Å². The minimum absolute atomic E-state index is 0.0453. The fourth-order valence-electron chi connectivity index (χ4n) is 2.75. The molecular weight excluding hydrogens is 262 g/mol. The van der Waals surface area contributed by atoms with Crippen molar-refractivity contribution < 1.29 is 4.74 Å². The highest BCUT2D eigenvalue weighted by molar-refractivity contribution is 5.78. The van der Waals surface area contributed by atoms with Crippen molar-refractivity contribution in [2.45, 2.75) is 44.6 Å². The predicted molar refractivity (Wildman–Crippen MR) is 87.6 cm³/mol. The highest BCUT2D eigenvalue weighted by Crippen LogP contribution is 2.35. The molecule has 1 heterocycles. The van der Waals surface area contributed by atoms with E-state index in [1.165, 1.54) is 5.56 Å². The topological polar surface area (TPSA) is 59.6 Å². The van der Waals surface area contributed by atoms with E-state index >= 15 is 0 Å². The van der Waals surface area contributed by atoms with Crippen LogP contribution in [0.15, 0.2) is 35.3 Å². The smallest absolute Gasteiger partial charge is 0.189 e. The van der Waals surface area contributed by atoms with Gasteiger partial charge in [-0.2, -0.15) is 0 Å². The third-order valence-electron chi connectivity index (χ3n) is 3.89. The Hall–Kier alpha value is -1.55. The lowest BCUT2D eigenvalue weighted by Gasteiger charge is -2.36. The van der Waals surface area contributed by atoms with Crippen LogP contribution in [0.25, 0.3) is 0 Å². The van der Waals surface area contributed by atoms with Crippen LogP contribution in [0.1, 0.15) is 39.2 Å². The van der Waals surface area contributed by atoms with Gasteiger partial charge in [0.25, 0.3) is 0 Å². The molecule has 0 unspecified atom stereocenters. The largest absolute Gasteiger partial charge is 0.381 e. The molecule has 0 radical (unpaired) electrons. The quantitative estimate of drug-likeness (QED) is 0.664. The van der Waals surface area contributed by atoms with Gasteiger partial charge in [0.2, 0.25) is 0 Å². The first kappa shape index (κ1) is 15.8. The van der Waals surface area contributed by atoms with Crippen LogP contribution in [-0.2, 0) is 10.2 Å². The standard InChI is InChI=1S/C17H27N3O/c1-16(2,3)20-15(18)19-13-17(9-11-21-12-10-17)14-7-5-4-6-8-14/h4-8H,9-13H2,1-3H3,(H3,18,19,20). The van der Waals surface area contributed by atoms with Gasteiger partial charge in [-0.05, 0) is 39.2 Å². The van der Waals surface area contributed by atoms with Gasteiger partial charge in [-0.15, -0.1) is 0 Å². The first-order chi connectivity index (χ1) is 9.91. The summed E-state index contributed by atoms with van der Waals surface area (Å²) >= 11 is 0. The molecule has 1 aromatic rings. The number of nitrogens with zero attached hydrogens (tertiary/aromatic N) is 1. The van der Waals surface area contributed by atoms with Gasteiger partial charge in [-0.25, -0.2) is 0 Å². The van der Waals surface area contributed by atoms with Gasteiger partial charge in [0.15, 0.2) is 5.96 Å². The molecule has 0 saturated carbocycles. The van der Waals surface area contributed by atoms with Gasteiger partial charge in [0.05, 0.1) is 6.54 Å². The summed E-state index contributed by atoms with van der Waals surface area (Å²) in [5.41, 5.74) is 7.33. The second-order valence-electron chi connectivity index (χ2n) is 6.84. The van der Waals surface area contributed by atoms with Crippen LogP contribution < -0.4 is 11.1 Å². The van der Waals surface area contributed by atoms with Crippen LogP contribution in [0.5, 0.6) is 0 Å². The van der Waals surface area contributed by atoms with E-state index in [0.29, 0.717) is 12.5 Å². The highest BCUT2D eigenvalue weighted by atomic mass is 16.5. The van der Waals surface area contributed by atoms with Crippen molar-refractivity contribution in [3.63, 3.8) is 0 Å². The van der Waals surface area contributed by atoms with Crippen molar-refractivity contribution in [2.24, 2.45) is 10.7 Å². The van der Waals surface area contributed by atoms with Gasteiger partial charge < -0.3 is 15.8 Å². The van der Waals surface area contributed by atoms with Gasteiger partial charge in [0, 0.05) is 24.2 Å². The van der Waals surface area contributed by atoms with Crippen molar-refractivity contribution in [1.29, 1.82) is 0 Å². The maximum atomic E-state index is 6.02. The fraction of sp³-hybridized carbons (Fsp3) is 0.588. The molecule has 0 spiro atoms. The molecule has 1 aliphatic rings. The van der Waals surface area contributed by atoms with E-state index in [0.717, 1.165) is 26.1 Å². The zero-order valence-corrected chi connectivity index (χ0v) is 13.4. The van der Waals surface area contributed by atoms with Crippen molar-refractivity contribution in [3.05, 3.63) is 35.9 Å². The average Bonchev–Trinajstić information content (AvgIpc) is 2.45. The van der Waals surface area contributed by atoms with E-state index in [4.69, 9.17) is 10.5 Å². The fourth-order valence-corrected chi connectivity index (χ4v) is 2.75. The third kappa shape index (κ3) is 4.46. The molecule has 0 aliphatic carbocycles. The Morgan fingerprint density at radius 1 is 1.24 bits per heavy atom. The van der Waals surface area contributed by atoms with Crippen LogP contribution >= 0.6 is 0 Å². The second-order valence-corrected chi connectivity index (χ2v) is 6.84. The van der Waals surface area contributed by atoms with Gasteiger partial charge in [-0.3, -0.25) is 4.99 Å². The highest BCUT2D eigenvalue weighted by Gasteiger charge is 2.34. The number of guanidine groups is 1. The molecular formula is C17H27N3O. The molecule has 1 saturated heterocycles. The zero-order valence-electron chi connectivity index (χ0n) is 13.4. The van der Waals surface area contributed by atoms with Crippen LogP contribution in [0.2, 0.25) is 0 Å². The molecule has 1 fully saturated rings. The summed E-state index contributed by atoms with van der Waals surface area (Å²) in [6.07, 6.45) is 1.98. The summed E-state index contributed by atoms with van der Waals surface area (Å²) in [7, 11) is 0. The van der Waals surface area contributed by atoms with Crippen LogP contribution in [0, 0.1) is 0 Å². The number of hydrogen-bond donors (Lipinski definition) is 2. The van der Waals surface area contributed by atoms with Crippen LogP contribution in [0.4, 0.5) is 0 Å². The molecule has 0 aromatic heterocycles. The summed E-state index contributed by atoms with van der Waals surface area (Å²) in [5.74, 6) is 0.518. The van der Waals surface area contributed by atoms with E-state index in [2.05, 4.69) is 61.4 Å². The van der Waals surface area contributed by atoms with Crippen LogP contribution in [-0.4, -0.2) is 31.3 Å². The minimum Gasteiger partial charge on any atom is -0.381 e. The molecule has 21 heavy (non-hydrogen) atoms. The summed E-state index contributed by atoms with van der Waals surface area (Å²) in [6, 6.07) is 10.6. The van der Waals surface area contributed by atoms with E-state index in [1.54, 1.807) is 0 Å². The number of nitrogens with two attached hydrogens (primary N) is 1. The first-order valence-corrected chi connectivity index (χ1v) is 7.63. The van der Waals surface area contributed by atoms with Crippen molar-refractivity contribution in [3.8, 4) is 0 Å². The SMILES string of the molecule is CC(C)(C)NC(N)=NCC1(c2ccccc2)CCOCC1. The lowest BCUT2D eigenvalue weighted by Crippen LogP contribution is -2.46. The molecule has 1 aliphatic heterocycles. The number of hydrogen-bond acceptors (Lipinski definition) is 2. The zero-order chi connectivity index (χ0) is 15.3. The Labute approximate surface area is 127 Å². The molecule has 3 N–H and O–H groups in total. The third-order valence-corrected chi connectivity index (χ3v) is 3.89. The summed E-state index contributed by atoms with van der Waals surface area (Å²) in [5, 5.41) is 3.22. The Morgan fingerprint density at radius 3 is 2.43 bits per heavy atom. The molecule has 1 aromatic carbocycles. The number of nitrogens with one attached hydrogen (secondary N) is 1. The van der Waals surface area contributed by atoms with Crippen molar-refractivity contribution >= 4 is 5.96 Å². The Kier molecular flexibility index (Phi) is 4.88. The average molecular weight is 289 g/mol. The molecule has 4 nitrogen and oxygen atoms in total. The van der Waals surface area contributed by atoms with E-state index < -0.39 is 0 Å². The van der Waals surface area contributed by atoms with Crippen molar-refractivity contribution in [2.75, 3.05) is 19.8 Å². The number of ether oxygens (including phenoxy) is 1. The monoisotopic (exact) mass is 289 g/mol.